The summed E-state index contributed by atoms with van der Waals surface area (Å²) in [7, 11) is 1.36. The SMILES string of the molecule is COC(=O)CCN(Cc1ccc(Cl)cc1)C(=O)C1CC1. The van der Waals surface area contributed by atoms with Gasteiger partial charge in [-0.2, -0.15) is 0 Å². The molecule has 1 aromatic carbocycles. The number of hydrogen-bond acceptors (Lipinski definition) is 3. The van der Waals surface area contributed by atoms with Crippen LogP contribution in [0.4, 0.5) is 0 Å². The van der Waals surface area contributed by atoms with E-state index in [2.05, 4.69) is 4.74 Å². The van der Waals surface area contributed by atoms with E-state index in [4.69, 9.17) is 11.6 Å². The molecule has 1 aliphatic rings. The summed E-state index contributed by atoms with van der Waals surface area (Å²) < 4.78 is 4.63. The van der Waals surface area contributed by atoms with Crippen molar-refractivity contribution in [3.05, 3.63) is 34.9 Å². The van der Waals surface area contributed by atoms with Gasteiger partial charge in [-0.05, 0) is 30.5 Å². The minimum absolute atomic E-state index is 0.129. The molecule has 5 heteroatoms. The molecule has 0 radical (unpaired) electrons. The van der Waals surface area contributed by atoms with Crippen molar-refractivity contribution >= 4 is 23.5 Å². The molecular weight excluding hydrogens is 278 g/mol. The standard InChI is InChI=1S/C15H18ClNO3/c1-20-14(18)8-9-17(15(19)12-4-5-12)10-11-2-6-13(16)7-3-11/h2-3,6-7,12H,4-5,8-10H2,1H3. The molecule has 0 bridgehead atoms. The van der Waals surface area contributed by atoms with E-state index in [0.717, 1.165) is 18.4 Å². The number of halogens is 1. The van der Waals surface area contributed by atoms with Gasteiger partial charge in [0.05, 0.1) is 13.5 Å². The van der Waals surface area contributed by atoms with Crippen molar-refractivity contribution in [1.29, 1.82) is 0 Å². The molecule has 0 spiro atoms. The number of amides is 1. The summed E-state index contributed by atoms with van der Waals surface area (Å²) in [5, 5.41) is 0.670. The number of rotatable bonds is 6. The van der Waals surface area contributed by atoms with Crippen LogP contribution in [0.15, 0.2) is 24.3 Å². The summed E-state index contributed by atoms with van der Waals surface area (Å²) in [5.74, 6) is -0.0292. The third kappa shape index (κ3) is 4.23. The Morgan fingerprint density at radius 3 is 2.50 bits per heavy atom. The highest BCUT2D eigenvalue weighted by atomic mass is 35.5. The van der Waals surface area contributed by atoms with E-state index in [1.54, 1.807) is 17.0 Å². The molecule has 0 aliphatic heterocycles. The van der Waals surface area contributed by atoms with Crippen molar-refractivity contribution < 1.29 is 14.3 Å². The lowest BCUT2D eigenvalue weighted by Crippen LogP contribution is -2.33. The van der Waals surface area contributed by atoms with Crippen LogP contribution in [0.1, 0.15) is 24.8 Å². The summed E-state index contributed by atoms with van der Waals surface area (Å²) in [4.78, 5) is 25.2. The summed E-state index contributed by atoms with van der Waals surface area (Å²) in [6.07, 6.45) is 2.13. The monoisotopic (exact) mass is 295 g/mol. The maximum absolute atomic E-state index is 12.2. The van der Waals surface area contributed by atoms with E-state index in [1.807, 2.05) is 12.1 Å². The Balaban J connectivity index is 1.99. The third-order valence-electron chi connectivity index (χ3n) is 3.34. The molecule has 1 aromatic rings. The van der Waals surface area contributed by atoms with Crippen molar-refractivity contribution in [2.75, 3.05) is 13.7 Å². The normalized spacial score (nSPS) is 13.9. The van der Waals surface area contributed by atoms with E-state index in [0.29, 0.717) is 18.1 Å². The van der Waals surface area contributed by atoms with E-state index in [-0.39, 0.29) is 24.2 Å². The molecule has 1 aliphatic carbocycles. The zero-order valence-corrected chi connectivity index (χ0v) is 12.2. The van der Waals surface area contributed by atoms with Crippen molar-refractivity contribution in [2.45, 2.75) is 25.8 Å². The van der Waals surface area contributed by atoms with Gasteiger partial charge in [0.15, 0.2) is 0 Å². The van der Waals surface area contributed by atoms with Gasteiger partial charge in [-0.15, -0.1) is 0 Å². The maximum Gasteiger partial charge on any atom is 0.307 e. The number of carbonyl (C=O) groups excluding carboxylic acids is 2. The topological polar surface area (TPSA) is 46.6 Å². The summed E-state index contributed by atoms with van der Waals surface area (Å²) in [6, 6.07) is 7.40. The zero-order valence-electron chi connectivity index (χ0n) is 11.5. The lowest BCUT2D eigenvalue weighted by Gasteiger charge is -2.22. The van der Waals surface area contributed by atoms with Gasteiger partial charge in [0.1, 0.15) is 0 Å². The number of benzene rings is 1. The van der Waals surface area contributed by atoms with Gasteiger partial charge >= 0.3 is 5.97 Å². The molecule has 0 heterocycles. The fraction of sp³-hybridized carbons (Fsp3) is 0.467. The van der Waals surface area contributed by atoms with E-state index >= 15 is 0 Å². The summed E-state index contributed by atoms with van der Waals surface area (Å²) in [6.45, 7) is 0.897. The van der Waals surface area contributed by atoms with Crippen LogP contribution in [-0.4, -0.2) is 30.4 Å². The van der Waals surface area contributed by atoms with Gasteiger partial charge in [-0.1, -0.05) is 23.7 Å². The number of esters is 1. The zero-order chi connectivity index (χ0) is 14.5. The molecule has 4 nitrogen and oxygen atoms in total. The van der Waals surface area contributed by atoms with Crippen LogP contribution in [0.25, 0.3) is 0 Å². The molecule has 1 amide bonds. The van der Waals surface area contributed by atoms with Crippen LogP contribution in [0.2, 0.25) is 5.02 Å². The molecule has 0 saturated heterocycles. The summed E-state index contributed by atoms with van der Waals surface area (Å²) >= 11 is 5.85. The van der Waals surface area contributed by atoms with Crippen molar-refractivity contribution in [2.24, 2.45) is 5.92 Å². The molecule has 20 heavy (non-hydrogen) atoms. The molecule has 0 atom stereocenters. The Bertz CT molecular complexity index is 482. The number of hydrogen-bond donors (Lipinski definition) is 0. The molecule has 0 unspecified atom stereocenters. The van der Waals surface area contributed by atoms with Crippen LogP contribution < -0.4 is 0 Å². The van der Waals surface area contributed by atoms with Crippen LogP contribution in [0.5, 0.6) is 0 Å². The van der Waals surface area contributed by atoms with E-state index in [9.17, 15) is 9.59 Å². The second-order valence-corrected chi connectivity index (χ2v) is 5.42. The Morgan fingerprint density at radius 2 is 1.95 bits per heavy atom. The fourth-order valence-corrected chi connectivity index (χ4v) is 2.12. The van der Waals surface area contributed by atoms with Crippen LogP contribution in [0.3, 0.4) is 0 Å². The van der Waals surface area contributed by atoms with E-state index in [1.165, 1.54) is 7.11 Å². The second-order valence-electron chi connectivity index (χ2n) is 4.99. The maximum atomic E-state index is 12.2. The van der Waals surface area contributed by atoms with Crippen molar-refractivity contribution in [3.63, 3.8) is 0 Å². The molecule has 0 N–H and O–H groups in total. The Hall–Kier alpha value is -1.55. The van der Waals surface area contributed by atoms with Crippen molar-refractivity contribution in [1.82, 2.24) is 4.90 Å². The smallest absolute Gasteiger partial charge is 0.307 e. The fourth-order valence-electron chi connectivity index (χ4n) is 1.99. The minimum Gasteiger partial charge on any atom is -0.469 e. The molecular formula is C15H18ClNO3. The lowest BCUT2D eigenvalue weighted by atomic mass is 10.2. The molecule has 108 valence electrons. The average molecular weight is 296 g/mol. The number of carbonyl (C=O) groups is 2. The minimum atomic E-state index is -0.297. The molecule has 1 fully saturated rings. The number of ether oxygens (including phenoxy) is 1. The van der Waals surface area contributed by atoms with Gasteiger partial charge in [0.25, 0.3) is 0 Å². The summed E-state index contributed by atoms with van der Waals surface area (Å²) in [5.41, 5.74) is 1.01. The largest absolute Gasteiger partial charge is 0.469 e. The number of methoxy groups -OCH3 is 1. The highest BCUT2D eigenvalue weighted by molar-refractivity contribution is 6.30. The highest BCUT2D eigenvalue weighted by Crippen LogP contribution is 2.31. The Kier molecular flexibility index (Phi) is 5.01. The first-order chi connectivity index (χ1) is 9.60. The predicted molar refractivity (Wildman–Crippen MR) is 76.2 cm³/mol. The molecule has 1 saturated carbocycles. The quantitative estimate of drug-likeness (QED) is 0.758. The third-order valence-corrected chi connectivity index (χ3v) is 3.59. The highest BCUT2D eigenvalue weighted by Gasteiger charge is 2.33. The average Bonchev–Trinajstić information content (AvgIpc) is 3.29. The second kappa shape index (κ2) is 6.75. The van der Waals surface area contributed by atoms with E-state index < -0.39 is 0 Å². The number of nitrogens with zero attached hydrogens (tertiary/aromatic N) is 1. The van der Waals surface area contributed by atoms with Crippen LogP contribution >= 0.6 is 11.6 Å². The van der Waals surface area contributed by atoms with Crippen LogP contribution in [0, 0.1) is 5.92 Å². The van der Waals surface area contributed by atoms with Gasteiger partial charge in [-0.3, -0.25) is 9.59 Å². The lowest BCUT2D eigenvalue weighted by molar-refractivity contribution is -0.142. The van der Waals surface area contributed by atoms with Gasteiger partial charge in [0.2, 0.25) is 5.91 Å². The van der Waals surface area contributed by atoms with Gasteiger partial charge < -0.3 is 9.64 Å². The van der Waals surface area contributed by atoms with Crippen LogP contribution in [-0.2, 0) is 20.9 Å². The Morgan fingerprint density at radius 1 is 1.30 bits per heavy atom. The molecule has 2 rings (SSSR count). The van der Waals surface area contributed by atoms with Gasteiger partial charge in [0, 0.05) is 24.0 Å². The first kappa shape index (κ1) is 14.9. The Labute approximate surface area is 123 Å². The first-order valence-electron chi connectivity index (χ1n) is 6.70. The predicted octanol–water partition coefficient (Wildman–Crippen LogP) is 2.64. The van der Waals surface area contributed by atoms with Crippen molar-refractivity contribution in [3.8, 4) is 0 Å². The first-order valence-corrected chi connectivity index (χ1v) is 7.08. The molecule has 0 aromatic heterocycles. The van der Waals surface area contributed by atoms with Gasteiger partial charge in [-0.25, -0.2) is 0 Å².